The lowest BCUT2D eigenvalue weighted by Gasteiger charge is -2.26. The number of non-ortho nitro benzene ring substituents is 1. The van der Waals surface area contributed by atoms with Gasteiger partial charge >= 0.3 is 0 Å². The van der Waals surface area contributed by atoms with E-state index in [1.165, 1.54) is 11.9 Å². The highest BCUT2D eigenvalue weighted by molar-refractivity contribution is 6.18. The number of aliphatic hydroxyl groups excluding tert-OH is 1. The first-order chi connectivity index (χ1) is 12.3. The Balaban J connectivity index is 3.71. The molecule has 0 aliphatic carbocycles. The van der Waals surface area contributed by atoms with E-state index in [4.69, 9.17) is 28.3 Å². The number of halogens is 2. The number of hydrogen-bond acceptors (Lipinski definition) is 7. The first kappa shape index (κ1) is 21.9. The summed E-state index contributed by atoms with van der Waals surface area (Å²) in [6.07, 6.45) is 0. The summed E-state index contributed by atoms with van der Waals surface area (Å²) in [5.74, 6) is -0.494. The molecule has 1 N–H and O–H groups in total. The highest BCUT2D eigenvalue weighted by Crippen LogP contribution is 2.37. The molecule has 0 unspecified atom stereocenters. The highest BCUT2D eigenvalue weighted by Gasteiger charge is 2.31. The predicted molar refractivity (Wildman–Crippen MR) is 97.5 cm³/mol. The number of aliphatic hydroxyl groups is 1. The number of hydrogen-bond donors (Lipinski definition) is 1. The van der Waals surface area contributed by atoms with Crippen LogP contribution < -0.4 is 4.90 Å². The fourth-order valence-electron chi connectivity index (χ4n) is 2.34. The Morgan fingerprint density at radius 3 is 2.12 bits per heavy atom. The maximum absolute atomic E-state index is 12.7. The monoisotopic (exact) mass is 408 g/mol. The molecule has 10 nitrogen and oxygen atoms in total. The Bertz CT molecular complexity index is 682. The van der Waals surface area contributed by atoms with E-state index in [-0.39, 0.29) is 49.3 Å². The molecule has 0 fully saturated rings. The number of nitro groups is 2. The number of benzene rings is 1. The van der Waals surface area contributed by atoms with Crippen LogP contribution in [0.1, 0.15) is 10.4 Å². The van der Waals surface area contributed by atoms with Crippen LogP contribution in [0.2, 0.25) is 0 Å². The summed E-state index contributed by atoms with van der Waals surface area (Å²) in [7, 11) is 1.38. The minimum atomic E-state index is -0.812. The lowest BCUT2D eigenvalue weighted by atomic mass is 10.1. The van der Waals surface area contributed by atoms with E-state index in [9.17, 15) is 25.0 Å². The van der Waals surface area contributed by atoms with Gasteiger partial charge in [-0.3, -0.25) is 25.0 Å². The van der Waals surface area contributed by atoms with E-state index < -0.39 is 27.1 Å². The Labute approximate surface area is 159 Å². The predicted octanol–water partition coefficient (Wildman–Crippen LogP) is 1.85. The Kier molecular flexibility index (Phi) is 8.49. The van der Waals surface area contributed by atoms with Crippen LogP contribution in [0.25, 0.3) is 0 Å². The van der Waals surface area contributed by atoms with Crippen molar-refractivity contribution in [1.82, 2.24) is 4.90 Å². The topological polar surface area (TPSA) is 130 Å². The summed E-state index contributed by atoms with van der Waals surface area (Å²) in [5, 5.41) is 31.7. The minimum absolute atomic E-state index is 0.0419. The third-order valence-electron chi connectivity index (χ3n) is 3.52. The standard InChI is InChI=1S/C14H18Cl2N4O6/c1-17(6-7-21)14(22)11-8-10(19(23)24)9-12(20(25)26)13(11)18(4-2-15)5-3-16/h8-9,21H,2-7H2,1H3. The van der Waals surface area contributed by atoms with Gasteiger partial charge in [0.2, 0.25) is 0 Å². The molecular formula is C14H18Cl2N4O6. The number of carbonyl (C=O) groups is 1. The molecule has 0 atom stereocenters. The molecule has 1 aromatic rings. The van der Waals surface area contributed by atoms with Crippen molar-refractivity contribution in [1.29, 1.82) is 0 Å². The average Bonchev–Trinajstić information content (AvgIpc) is 2.59. The van der Waals surface area contributed by atoms with Gasteiger partial charge in [0.15, 0.2) is 0 Å². The van der Waals surface area contributed by atoms with E-state index in [0.717, 1.165) is 17.0 Å². The molecule has 1 rings (SSSR count). The number of carbonyl (C=O) groups excluding carboxylic acids is 1. The number of alkyl halides is 2. The summed E-state index contributed by atoms with van der Waals surface area (Å²) in [4.78, 5) is 36.3. The second-order valence-corrected chi connectivity index (χ2v) is 5.95. The molecule has 1 aromatic carbocycles. The highest BCUT2D eigenvalue weighted by atomic mass is 35.5. The summed E-state index contributed by atoms with van der Waals surface area (Å²) in [6.45, 7) is -0.0741. The van der Waals surface area contributed by atoms with Crippen LogP contribution in [0.4, 0.5) is 17.1 Å². The summed E-state index contributed by atoms with van der Waals surface area (Å²) < 4.78 is 0. The molecule has 144 valence electrons. The maximum atomic E-state index is 12.7. The second-order valence-electron chi connectivity index (χ2n) is 5.19. The van der Waals surface area contributed by atoms with Gasteiger partial charge in [-0.15, -0.1) is 23.2 Å². The van der Waals surface area contributed by atoms with E-state index in [1.54, 1.807) is 0 Å². The number of rotatable bonds is 10. The Morgan fingerprint density at radius 2 is 1.69 bits per heavy atom. The van der Waals surface area contributed by atoms with Gasteiger partial charge in [0.05, 0.1) is 28.1 Å². The van der Waals surface area contributed by atoms with Crippen molar-refractivity contribution in [3.63, 3.8) is 0 Å². The van der Waals surface area contributed by atoms with Gasteiger partial charge in [-0.2, -0.15) is 0 Å². The molecule has 0 spiro atoms. The number of amides is 1. The van der Waals surface area contributed by atoms with Crippen LogP contribution in [-0.4, -0.2) is 70.8 Å². The maximum Gasteiger partial charge on any atom is 0.300 e. The fourth-order valence-corrected chi connectivity index (χ4v) is 2.75. The summed E-state index contributed by atoms with van der Waals surface area (Å²) in [6, 6.07) is 1.78. The van der Waals surface area contributed by atoms with Crippen LogP contribution in [0.5, 0.6) is 0 Å². The van der Waals surface area contributed by atoms with Gasteiger partial charge in [-0.1, -0.05) is 0 Å². The normalized spacial score (nSPS) is 10.5. The Morgan fingerprint density at radius 1 is 1.12 bits per heavy atom. The first-order valence-electron chi connectivity index (χ1n) is 7.48. The van der Waals surface area contributed by atoms with Crippen LogP contribution in [0.15, 0.2) is 12.1 Å². The van der Waals surface area contributed by atoms with Crippen molar-refractivity contribution in [2.24, 2.45) is 0 Å². The van der Waals surface area contributed by atoms with Crippen LogP contribution in [0.3, 0.4) is 0 Å². The van der Waals surface area contributed by atoms with Crippen molar-refractivity contribution < 1.29 is 19.7 Å². The van der Waals surface area contributed by atoms with Gasteiger partial charge in [-0.05, 0) is 0 Å². The van der Waals surface area contributed by atoms with Crippen LogP contribution in [-0.2, 0) is 0 Å². The lowest BCUT2D eigenvalue weighted by Crippen LogP contribution is -2.34. The molecule has 0 aliphatic rings. The number of anilines is 1. The van der Waals surface area contributed by atoms with E-state index in [2.05, 4.69) is 0 Å². The summed E-state index contributed by atoms with van der Waals surface area (Å²) >= 11 is 11.5. The van der Waals surface area contributed by atoms with Crippen molar-refractivity contribution in [2.75, 3.05) is 49.9 Å². The van der Waals surface area contributed by atoms with Gasteiger partial charge in [0.1, 0.15) is 5.69 Å². The molecule has 0 radical (unpaired) electrons. The van der Waals surface area contributed by atoms with Crippen molar-refractivity contribution in [3.8, 4) is 0 Å². The van der Waals surface area contributed by atoms with Crippen LogP contribution >= 0.6 is 23.2 Å². The van der Waals surface area contributed by atoms with Crippen molar-refractivity contribution >= 4 is 46.2 Å². The molecule has 1 amide bonds. The third kappa shape index (κ3) is 5.16. The molecular weight excluding hydrogens is 391 g/mol. The zero-order chi connectivity index (χ0) is 19.9. The van der Waals surface area contributed by atoms with Gasteiger partial charge in [0.25, 0.3) is 17.3 Å². The smallest absolute Gasteiger partial charge is 0.300 e. The van der Waals surface area contributed by atoms with E-state index in [1.807, 2.05) is 0 Å². The number of nitrogens with zero attached hydrogens (tertiary/aromatic N) is 4. The fraction of sp³-hybridized carbons (Fsp3) is 0.500. The SMILES string of the molecule is CN(CCO)C(=O)c1cc([N+](=O)[O-])cc([N+](=O)[O-])c1N(CCCl)CCCl. The zero-order valence-corrected chi connectivity index (χ0v) is 15.4. The first-order valence-corrected chi connectivity index (χ1v) is 8.55. The van der Waals surface area contributed by atoms with Crippen molar-refractivity contribution in [3.05, 3.63) is 37.9 Å². The average molecular weight is 409 g/mol. The molecule has 0 aliphatic heterocycles. The molecule has 26 heavy (non-hydrogen) atoms. The van der Waals surface area contributed by atoms with Gasteiger partial charge in [0, 0.05) is 44.5 Å². The van der Waals surface area contributed by atoms with Gasteiger partial charge in [-0.25, -0.2) is 0 Å². The molecule has 12 heteroatoms. The quantitative estimate of drug-likeness (QED) is 0.355. The third-order valence-corrected chi connectivity index (χ3v) is 3.86. The van der Waals surface area contributed by atoms with E-state index in [0.29, 0.717) is 0 Å². The summed E-state index contributed by atoms with van der Waals surface area (Å²) in [5.41, 5.74) is -1.48. The molecule has 0 aromatic heterocycles. The van der Waals surface area contributed by atoms with E-state index >= 15 is 0 Å². The Hall–Kier alpha value is -2.17. The lowest BCUT2D eigenvalue weighted by molar-refractivity contribution is -0.393. The molecule has 0 heterocycles. The largest absolute Gasteiger partial charge is 0.395 e. The minimum Gasteiger partial charge on any atom is -0.395 e. The van der Waals surface area contributed by atoms with Crippen molar-refractivity contribution in [2.45, 2.75) is 0 Å². The molecule has 0 saturated carbocycles. The zero-order valence-electron chi connectivity index (χ0n) is 13.9. The molecule has 0 saturated heterocycles. The van der Waals surface area contributed by atoms with Crippen LogP contribution in [0, 0.1) is 20.2 Å². The molecule has 0 bridgehead atoms. The number of nitro benzene ring substituents is 2. The van der Waals surface area contributed by atoms with Gasteiger partial charge < -0.3 is 14.9 Å². The second kappa shape index (κ2) is 10.1. The number of likely N-dealkylation sites (N-methyl/N-ethyl adjacent to an activating group) is 1.